The zero-order valence-corrected chi connectivity index (χ0v) is 13.2. The molecule has 3 rings (SSSR count). The SMILES string of the molecule is Cc1csc(CN2C(=O)N[C@@](C)(c3c(F)cccc3F)C2=O)n1. The zero-order chi connectivity index (χ0) is 16.8. The fourth-order valence-electron chi connectivity index (χ4n) is 2.60. The fraction of sp³-hybridized carbons (Fsp3) is 0.267. The largest absolute Gasteiger partial charge is 0.325 e. The molecule has 5 nitrogen and oxygen atoms in total. The minimum absolute atomic E-state index is 0.0329. The zero-order valence-electron chi connectivity index (χ0n) is 12.4. The fourth-order valence-corrected chi connectivity index (χ4v) is 3.36. The van der Waals surface area contributed by atoms with Crippen molar-refractivity contribution in [3.05, 3.63) is 51.5 Å². The van der Waals surface area contributed by atoms with Crippen LogP contribution in [0.15, 0.2) is 23.6 Å². The van der Waals surface area contributed by atoms with Gasteiger partial charge in [-0.1, -0.05) is 6.07 Å². The highest BCUT2D eigenvalue weighted by molar-refractivity contribution is 7.09. The Morgan fingerprint density at radius 1 is 1.30 bits per heavy atom. The van der Waals surface area contributed by atoms with E-state index in [2.05, 4.69) is 10.3 Å². The standard InChI is InChI=1S/C15H13F2N3O2S/c1-8-7-23-11(18-8)6-20-13(21)15(2,19-14(20)22)12-9(16)4-3-5-10(12)17/h3-5,7H,6H2,1-2H3,(H,19,22)/t15-/m0/s1. The van der Waals surface area contributed by atoms with Crippen molar-refractivity contribution in [2.45, 2.75) is 25.9 Å². The molecule has 1 aliphatic heterocycles. The third kappa shape index (κ3) is 2.48. The third-order valence-electron chi connectivity index (χ3n) is 3.70. The first kappa shape index (κ1) is 15.5. The van der Waals surface area contributed by atoms with Gasteiger partial charge < -0.3 is 5.32 Å². The van der Waals surface area contributed by atoms with Crippen LogP contribution in [-0.4, -0.2) is 21.8 Å². The van der Waals surface area contributed by atoms with Crippen LogP contribution in [0, 0.1) is 18.6 Å². The van der Waals surface area contributed by atoms with Crippen LogP contribution >= 0.6 is 11.3 Å². The number of nitrogens with zero attached hydrogens (tertiary/aromatic N) is 2. The maximum atomic E-state index is 14.0. The monoisotopic (exact) mass is 337 g/mol. The first-order chi connectivity index (χ1) is 10.8. The predicted molar refractivity (Wildman–Crippen MR) is 79.6 cm³/mol. The van der Waals surface area contributed by atoms with E-state index in [1.165, 1.54) is 24.3 Å². The molecule has 120 valence electrons. The molecule has 0 spiro atoms. The molecule has 1 fully saturated rings. The molecule has 1 aromatic carbocycles. The lowest BCUT2D eigenvalue weighted by Gasteiger charge is -2.23. The van der Waals surface area contributed by atoms with E-state index in [1.807, 2.05) is 0 Å². The average molecular weight is 337 g/mol. The number of nitrogens with one attached hydrogen (secondary N) is 1. The van der Waals surface area contributed by atoms with Gasteiger partial charge in [-0.25, -0.2) is 18.6 Å². The number of urea groups is 1. The van der Waals surface area contributed by atoms with Gasteiger partial charge in [-0.05, 0) is 26.0 Å². The summed E-state index contributed by atoms with van der Waals surface area (Å²) < 4.78 is 28.1. The van der Waals surface area contributed by atoms with Gasteiger partial charge in [-0.15, -0.1) is 11.3 Å². The summed E-state index contributed by atoms with van der Waals surface area (Å²) in [5, 5.41) is 4.76. The Labute approximate surface area is 134 Å². The number of hydrogen-bond donors (Lipinski definition) is 1. The minimum atomic E-state index is -1.78. The summed E-state index contributed by atoms with van der Waals surface area (Å²) in [5.74, 6) is -2.47. The Bertz CT molecular complexity index is 788. The summed E-state index contributed by atoms with van der Waals surface area (Å²) >= 11 is 1.31. The number of rotatable bonds is 3. The minimum Gasteiger partial charge on any atom is -0.319 e. The second-order valence-corrected chi connectivity index (χ2v) is 6.37. The van der Waals surface area contributed by atoms with Crippen molar-refractivity contribution in [1.29, 1.82) is 0 Å². The number of thiazole rings is 1. The lowest BCUT2D eigenvalue weighted by atomic mass is 9.91. The van der Waals surface area contributed by atoms with E-state index in [0.717, 1.165) is 22.7 Å². The van der Waals surface area contributed by atoms with Gasteiger partial charge in [0.05, 0.1) is 12.1 Å². The van der Waals surface area contributed by atoms with Crippen LogP contribution < -0.4 is 5.32 Å². The van der Waals surface area contributed by atoms with Crippen molar-refractivity contribution < 1.29 is 18.4 Å². The summed E-state index contributed by atoms with van der Waals surface area (Å²) in [4.78, 5) is 29.9. The first-order valence-corrected chi connectivity index (χ1v) is 7.70. The molecule has 1 aliphatic rings. The molecule has 1 N–H and O–H groups in total. The molecule has 0 saturated carbocycles. The van der Waals surface area contributed by atoms with Crippen molar-refractivity contribution in [3.63, 3.8) is 0 Å². The van der Waals surface area contributed by atoms with Crippen molar-refractivity contribution in [3.8, 4) is 0 Å². The van der Waals surface area contributed by atoms with Crippen LogP contribution in [-0.2, 0) is 16.9 Å². The number of aromatic nitrogens is 1. The van der Waals surface area contributed by atoms with Crippen LogP contribution in [0.1, 0.15) is 23.2 Å². The van der Waals surface area contributed by atoms with Gasteiger partial charge in [-0.3, -0.25) is 9.69 Å². The Balaban J connectivity index is 1.97. The molecule has 0 bridgehead atoms. The topological polar surface area (TPSA) is 62.3 Å². The molecule has 8 heteroatoms. The van der Waals surface area contributed by atoms with Crippen LogP contribution in [0.5, 0.6) is 0 Å². The summed E-state index contributed by atoms with van der Waals surface area (Å²) in [6.07, 6.45) is 0. The quantitative estimate of drug-likeness (QED) is 0.876. The number of carbonyl (C=O) groups is 2. The summed E-state index contributed by atoms with van der Waals surface area (Å²) in [7, 11) is 0. The predicted octanol–water partition coefficient (Wildman–Crippen LogP) is 2.70. The molecule has 1 saturated heterocycles. The molecular weight excluding hydrogens is 324 g/mol. The Morgan fingerprint density at radius 2 is 1.96 bits per heavy atom. The molecular formula is C15H13F2N3O2S. The maximum Gasteiger partial charge on any atom is 0.325 e. The van der Waals surface area contributed by atoms with Gasteiger partial charge in [0.25, 0.3) is 5.91 Å². The van der Waals surface area contributed by atoms with Gasteiger partial charge in [0.1, 0.15) is 22.2 Å². The van der Waals surface area contributed by atoms with Gasteiger partial charge >= 0.3 is 6.03 Å². The Kier molecular flexibility index (Phi) is 3.63. The number of amides is 3. The second kappa shape index (κ2) is 5.38. The normalized spacial score (nSPS) is 21.0. The molecule has 23 heavy (non-hydrogen) atoms. The summed E-state index contributed by atoms with van der Waals surface area (Å²) in [6, 6.07) is 2.61. The van der Waals surface area contributed by atoms with Gasteiger partial charge in [0.2, 0.25) is 0 Å². The first-order valence-electron chi connectivity index (χ1n) is 6.82. The molecule has 2 heterocycles. The highest BCUT2D eigenvalue weighted by Crippen LogP contribution is 2.33. The maximum absolute atomic E-state index is 14.0. The van der Waals surface area contributed by atoms with E-state index >= 15 is 0 Å². The Hall–Kier alpha value is -2.35. The van der Waals surface area contributed by atoms with Gasteiger partial charge in [-0.2, -0.15) is 0 Å². The smallest absolute Gasteiger partial charge is 0.319 e. The highest BCUT2D eigenvalue weighted by Gasteiger charge is 2.51. The summed E-state index contributed by atoms with van der Waals surface area (Å²) in [5.41, 5.74) is -1.46. The number of carbonyl (C=O) groups excluding carboxylic acids is 2. The van der Waals surface area contributed by atoms with Gasteiger partial charge in [0.15, 0.2) is 0 Å². The van der Waals surface area contributed by atoms with E-state index in [1.54, 1.807) is 12.3 Å². The van der Waals surface area contributed by atoms with Crippen LogP contribution in [0.2, 0.25) is 0 Å². The molecule has 3 amide bonds. The lowest BCUT2D eigenvalue weighted by molar-refractivity contribution is -0.131. The van der Waals surface area contributed by atoms with Crippen LogP contribution in [0.3, 0.4) is 0 Å². The Morgan fingerprint density at radius 3 is 2.52 bits per heavy atom. The van der Waals surface area contributed by atoms with E-state index in [4.69, 9.17) is 0 Å². The van der Waals surface area contributed by atoms with Crippen molar-refractivity contribution in [2.24, 2.45) is 0 Å². The number of imide groups is 1. The highest BCUT2D eigenvalue weighted by atomic mass is 32.1. The summed E-state index contributed by atoms with van der Waals surface area (Å²) in [6.45, 7) is 3.06. The molecule has 0 radical (unpaired) electrons. The molecule has 1 aromatic heterocycles. The molecule has 2 aromatic rings. The van der Waals surface area contributed by atoms with Crippen LogP contribution in [0.4, 0.5) is 13.6 Å². The molecule has 0 aliphatic carbocycles. The van der Waals surface area contributed by atoms with Crippen molar-refractivity contribution in [1.82, 2.24) is 15.2 Å². The van der Waals surface area contributed by atoms with E-state index < -0.39 is 34.7 Å². The van der Waals surface area contributed by atoms with E-state index in [-0.39, 0.29) is 6.54 Å². The number of benzene rings is 1. The van der Waals surface area contributed by atoms with Crippen LogP contribution in [0.25, 0.3) is 0 Å². The molecule has 1 atom stereocenters. The number of halogens is 2. The van der Waals surface area contributed by atoms with Crippen molar-refractivity contribution in [2.75, 3.05) is 0 Å². The lowest BCUT2D eigenvalue weighted by Crippen LogP contribution is -2.42. The van der Waals surface area contributed by atoms with Gasteiger partial charge in [0, 0.05) is 11.1 Å². The number of hydrogen-bond acceptors (Lipinski definition) is 4. The third-order valence-corrected chi connectivity index (χ3v) is 4.65. The van der Waals surface area contributed by atoms with Crippen molar-refractivity contribution >= 4 is 23.3 Å². The van der Waals surface area contributed by atoms with E-state index in [9.17, 15) is 18.4 Å². The average Bonchev–Trinajstić information content (AvgIpc) is 2.96. The molecule has 0 unspecified atom stereocenters. The second-order valence-electron chi connectivity index (χ2n) is 5.43. The van der Waals surface area contributed by atoms with E-state index in [0.29, 0.717) is 5.01 Å². The number of aryl methyl sites for hydroxylation is 1.